The van der Waals surface area contributed by atoms with E-state index in [1.165, 1.54) is 20.7 Å². The molecule has 4 aromatic rings. The largest absolute Gasteiger partial charge is 0.405 e. The molecule has 0 bridgehead atoms. The molecule has 1 aliphatic rings. The summed E-state index contributed by atoms with van der Waals surface area (Å²) < 4.78 is 40.5. The van der Waals surface area contributed by atoms with Crippen molar-refractivity contribution in [1.82, 2.24) is 0 Å². The molecule has 5 rings (SSSR count). The van der Waals surface area contributed by atoms with Crippen LogP contribution in [0.5, 0.6) is 0 Å². The molecule has 49 heavy (non-hydrogen) atoms. The van der Waals surface area contributed by atoms with Crippen LogP contribution in [0.3, 0.4) is 0 Å². The van der Waals surface area contributed by atoms with E-state index in [1.807, 2.05) is 0 Å². The van der Waals surface area contributed by atoms with Crippen LogP contribution >= 0.6 is 0 Å². The van der Waals surface area contributed by atoms with E-state index < -0.39 is 47.3 Å². The van der Waals surface area contributed by atoms with Gasteiger partial charge in [0, 0.05) is 21.3 Å². The molecule has 0 saturated carbocycles. The van der Waals surface area contributed by atoms with Gasteiger partial charge in [-0.1, -0.05) is 163 Å². The summed E-state index contributed by atoms with van der Waals surface area (Å²) in [4.78, 5) is 0. The van der Waals surface area contributed by atoms with Crippen molar-refractivity contribution in [3.05, 3.63) is 121 Å². The number of ether oxygens (including phenoxy) is 4. The van der Waals surface area contributed by atoms with Crippen LogP contribution in [0.15, 0.2) is 121 Å². The van der Waals surface area contributed by atoms with Gasteiger partial charge in [0.1, 0.15) is 24.4 Å². The van der Waals surface area contributed by atoms with E-state index in [0.717, 1.165) is 0 Å². The number of benzene rings is 4. The SMILES string of the molecule is CO[C@H]1O[C@H](CO[Si](c2ccccc2)(c2ccccc2)C(C)(C)C)[C@@H](OC)[C@H](O[Si](c2ccccc2)(c2ccccc2)C(C)(C)C)[C@@H]1OC. The lowest BCUT2D eigenvalue weighted by Gasteiger charge is -2.52. The molecule has 5 atom stereocenters. The Morgan fingerprint density at radius 2 is 0.857 bits per heavy atom. The van der Waals surface area contributed by atoms with E-state index in [-0.39, 0.29) is 16.7 Å². The average Bonchev–Trinajstić information content (AvgIpc) is 3.11. The zero-order valence-corrected chi connectivity index (χ0v) is 32.6. The molecule has 1 aliphatic heterocycles. The van der Waals surface area contributed by atoms with Crippen molar-refractivity contribution < 1.29 is 27.8 Å². The van der Waals surface area contributed by atoms with Crippen LogP contribution in [0.4, 0.5) is 0 Å². The molecule has 6 nitrogen and oxygen atoms in total. The Bertz CT molecular complexity index is 1500. The van der Waals surface area contributed by atoms with E-state index in [2.05, 4.69) is 163 Å². The normalized spacial score (nSPS) is 22.2. The molecule has 0 N–H and O–H groups in total. The molecule has 0 amide bonds. The first-order chi connectivity index (χ1) is 23.4. The third-order valence-electron chi connectivity index (χ3n) is 9.98. The minimum atomic E-state index is -3.02. The quantitative estimate of drug-likeness (QED) is 0.172. The van der Waals surface area contributed by atoms with Gasteiger partial charge in [-0.05, 0) is 30.8 Å². The molecule has 0 spiro atoms. The third-order valence-corrected chi connectivity index (χ3v) is 20.0. The number of hydrogen-bond acceptors (Lipinski definition) is 6. The number of hydrogen-bond donors (Lipinski definition) is 0. The molecule has 8 heteroatoms. The Kier molecular flexibility index (Phi) is 11.8. The van der Waals surface area contributed by atoms with E-state index in [0.29, 0.717) is 0 Å². The third kappa shape index (κ3) is 7.16. The molecule has 262 valence electrons. The molecule has 4 aromatic carbocycles. The first-order valence-corrected chi connectivity index (χ1v) is 21.0. The summed E-state index contributed by atoms with van der Waals surface area (Å²) in [5.74, 6) is 0. The topological polar surface area (TPSA) is 55.4 Å². The maximum Gasteiger partial charge on any atom is 0.261 e. The molecule has 1 fully saturated rings. The fourth-order valence-electron chi connectivity index (χ4n) is 7.73. The maximum atomic E-state index is 7.74. The van der Waals surface area contributed by atoms with E-state index in [1.54, 1.807) is 21.3 Å². The van der Waals surface area contributed by atoms with Crippen molar-refractivity contribution in [3.63, 3.8) is 0 Å². The van der Waals surface area contributed by atoms with Gasteiger partial charge in [-0.2, -0.15) is 0 Å². The van der Waals surface area contributed by atoms with Gasteiger partial charge >= 0.3 is 0 Å². The highest BCUT2D eigenvalue weighted by Crippen LogP contribution is 2.42. The highest BCUT2D eigenvalue weighted by molar-refractivity contribution is 7.00. The summed E-state index contributed by atoms with van der Waals surface area (Å²) in [5.41, 5.74) is 0. The molecule has 0 aromatic heterocycles. The molecular formula is C41H54O6Si2. The van der Waals surface area contributed by atoms with Crippen LogP contribution in [-0.2, 0) is 27.8 Å². The van der Waals surface area contributed by atoms with Gasteiger partial charge in [0.2, 0.25) is 0 Å². The van der Waals surface area contributed by atoms with E-state index in [4.69, 9.17) is 27.8 Å². The van der Waals surface area contributed by atoms with E-state index >= 15 is 0 Å². The standard InChI is InChI=1S/C41H54O6Si2/c1-40(2,3)48(31-22-14-10-15-23-31,32-24-16-11-17-25-32)45-30-35-36(42-7)37(38(43-8)39(44-9)46-35)47-49(41(4,5)6,33-26-18-12-19-27-33)34-28-20-13-21-29-34/h10-29,35-39H,30H2,1-9H3/t35-,36-,37+,38+,39+/m1/s1. The van der Waals surface area contributed by atoms with Crippen molar-refractivity contribution in [2.75, 3.05) is 27.9 Å². The van der Waals surface area contributed by atoms with Crippen LogP contribution in [0.25, 0.3) is 0 Å². The van der Waals surface area contributed by atoms with Gasteiger partial charge in [0.25, 0.3) is 16.6 Å². The second-order valence-electron chi connectivity index (χ2n) is 14.9. The summed E-state index contributed by atoms with van der Waals surface area (Å²) in [5, 5.41) is 4.31. The van der Waals surface area contributed by atoms with Gasteiger partial charge in [0.05, 0.1) is 6.61 Å². The van der Waals surface area contributed by atoms with Gasteiger partial charge in [0.15, 0.2) is 6.29 Å². The molecule has 0 aliphatic carbocycles. The Hall–Kier alpha value is -2.93. The molecule has 1 saturated heterocycles. The summed E-state index contributed by atoms with van der Waals surface area (Å²) in [6.45, 7) is 14.0. The van der Waals surface area contributed by atoms with Crippen LogP contribution < -0.4 is 20.7 Å². The second kappa shape index (κ2) is 15.5. The minimum absolute atomic E-state index is 0.201. The molecule has 0 radical (unpaired) electrons. The smallest absolute Gasteiger partial charge is 0.261 e. The van der Waals surface area contributed by atoms with Crippen LogP contribution in [0.1, 0.15) is 41.5 Å². The fraction of sp³-hybridized carbons (Fsp3) is 0.415. The average molecular weight is 699 g/mol. The predicted octanol–water partition coefficient (Wildman–Crippen LogP) is 5.91. The Balaban J connectivity index is 1.62. The van der Waals surface area contributed by atoms with Crippen LogP contribution in [-0.4, -0.2) is 75.3 Å². The minimum Gasteiger partial charge on any atom is -0.405 e. The zero-order valence-electron chi connectivity index (χ0n) is 30.6. The second-order valence-corrected chi connectivity index (χ2v) is 23.5. The summed E-state index contributed by atoms with van der Waals surface area (Å²) in [7, 11) is -0.828. The Labute approximate surface area is 295 Å². The number of methoxy groups -OCH3 is 3. The lowest BCUT2D eigenvalue weighted by atomic mass is 9.99. The van der Waals surface area contributed by atoms with Gasteiger partial charge < -0.3 is 27.8 Å². The van der Waals surface area contributed by atoms with Gasteiger partial charge in [-0.3, -0.25) is 0 Å². The van der Waals surface area contributed by atoms with E-state index in [9.17, 15) is 0 Å². The molecule has 0 unspecified atom stereocenters. The summed E-state index contributed by atoms with van der Waals surface area (Å²) in [6.07, 6.45) is -2.82. The Morgan fingerprint density at radius 1 is 0.490 bits per heavy atom. The lowest BCUT2D eigenvalue weighted by Crippen LogP contribution is -2.73. The zero-order chi connectivity index (χ0) is 35.3. The van der Waals surface area contributed by atoms with Crippen molar-refractivity contribution in [1.29, 1.82) is 0 Å². The predicted molar refractivity (Wildman–Crippen MR) is 203 cm³/mol. The summed E-state index contributed by atoms with van der Waals surface area (Å²) in [6, 6.07) is 42.6. The Morgan fingerprint density at radius 3 is 1.18 bits per heavy atom. The molecular weight excluding hydrogens is 645 g/mol. The lowest BCUT2D eigenvalue weighted by molar-refractivity contribution is -0.299. The monoisotopic (exact) mass is 698 g/mol. The fourth-order valence-corrected chi connectivity index (χ4v) is 17.0. The first-order valence-electron chi connectivity index (χ1n) is 17.2. The van der Waals surface area contributed by atoms with Crippen molar-refractivity contribution in [2.45, 2.75) is 82.3 Å². The summed E-state index contributed by atoms with van der Waals surface area (Å²) >= 11 is 0. The maximum absolute atomic E-state index is 7.74. The van der Waals surface area contributed by atoms with Gasteiger partial charge in [-0.15, -0.1) is 0 Å². The number of rotatable bonds is 12. The van der Waals surface area contributed by atoms with Gasteiger partial charge in [-0.25, -0.2) is 0 Å². The highest BCUT2D eigenvalue weighted by Gasteiger charge is 2.58. The van der Waals surface area contributed by atoms with Crippen molar-refractivity contribution in [3.8, 4) is 0 Å². The van der Waals surface area contributed by atoms with Crippen LogP contribution in [0, 0.1) is 0 Å². The van der Waals surface area contributed by atoms with Crippen molar-refractivity contribution >= 4 is 37.4 Å². The van der Waals surface area contributed by atoms with Crippen molar-refractivity contribution in [2.24, 2.45) is 0 Å². The van der Waals surface area contributed by atoms with Crippen LogP contribution in [0.2, 0.25) is 10.1 Å². The highest BCUT2D eigenvalue weighted by atomic mass is 28.4. The molecule has 1 heterocycles. The first kappa shape index (κ1) is 37.3.